The Morgan fingerprint density at radius 3 is 2.36 bits per heavy atom. The van der Waals surface area contributed by atoms with Crippen LogP contribution in [0.15, 0.2) is 36.4 Å². The van der Waals surface area contributed by atoms with E-state index in [0.29, 0.717) is 12.8 Å². The van der Waals surface area contributed by atoms with Gasteiger partial charge >= 0.3 is 5.97 Å². The lowest BCUT2D eigenvalue weighted by molar-refractivity contribution is -0.145. The molecule has 0 spiro atoms. The summed E-state index contributed by atoms with van der Waals surface area (Å²) in [4.78, 5) is 24.5. The van der Waals surface area contributed by atoms with E-state index in [9.17, 15) is 14.7 Å². The molecule has 1 aliphatic rings. The molecule has 0 atom stereocenters. The van der Waals surface area contributed by atoms with Gasteiger partial charge in [0.15, 0.2) is 5.69 Å². The monoisotopic (exact) mass is 341 g/mol. The van der Waals surface area contributed by atoms with E-state index in [-0.39, 0.29) is 5.69 Å². The Bertz CT molecular complexity index is 759. The molecule has 0 unspecified atom stereocenters. The fraction of sp³-hybridized carbons (Fsp3) is 0.421. The van der Waals surface area contributed by atoms with Crippen molar-refractivity contribution in [2.24, 2.45) is 0 Å². The second-order valence-corrected chi connectivity index (χ2v) is 6.67. The van der Waals surface area contributed by atoms with Crippen molar-refractivity contribution in [1.29, 1.82) is 0 Å². The lowest BCUT2D eigenvalue weighted by Crippen LogP contribution is -2.54. The minimum Gasteiger partial charge on any atom is -0.480 e. The van der Waals surface area contributed by atoms with E-state index in [0.717, 1.165) is 37.1 Å². The van der Waals surface area contributed by atoms with E-state index < -0.39 is 17.4 Å². The normalized spacial score (nSPS) is 16.8. The number of nitrogens with one attached hydrogen (secondary N) is 1. The number of aliphatic carboxylic acids is 1. The summed E-state index contributed by atoms with van der Waals surface area (Å²) in [5.74, 6) is -1.39. The molecule has 1 aromatic carbocycles. The number of nitrogens with zero attached hydrogens (tertiary/aromatic N) is 2. The Labute approximate surface area is 146 Å². The summed E-state index contributed by atoms with van der Waals surface area (Å²) in [6.07, 6.45) is 4.56. The number of aryl methyl sites for hydroxylation is 1. The predicted octanol–water partition coefficient (Wildman–Crippen LogP) is 3.09. The second-order valence-electron chi connectivity index (χ2n) is 6.67. The summed E-state index contributed by atoms with van der Waals surface area (Å²) in [6.45, 7) is 1.87. The van der Waals surface area contributed by atoms with Gasteiger partial charge in [-0.3, -0.25) is 4.79 Å². The number of carbonyl (C=O) groups is 2. The van der Waals surface area contributed by atoms with Gasteiger partial charge in [-0.1, -0.05) is 43.9 Å². The molecule has 1 saturated carbocycles. The topological polar surface area (TPSA) is 84.2 Å². The zero-order valence-electron chi connectivity index (χ0n) is 14.4. The number of rotatable bonds is 4. The van der Waals surface area contributed by atoms with Gasteiger partial charge in [-0.25, -0.2) is 9.48 Å². The average Bonchev–Trinajstić information content (AvgIpc) is 2.84. The molecule has 0 aliphatic heterocycles. The maximum Gasteiger partial charge on any atom is 0.329 e. The first-order chi connectivity index (χ1) is 12.0. The van der Waals surface area contributed by atoms with Crippen molar-refractivity contribution >= 4 is 11.9 Å². The molecule has 3 rings (SSSR count). The van der Waals surface area contributed by atoms with Gasteiger partial charge in [-0.15, -0.1) is 0 Å². The lowest BCUT2D eigenvalue weighted by atomic mass is 9.90. The van der Waals surface area contributed by atoms with Gasteiger partial charge < -0.3 is 10.4 Å². The van der Waals surface area contributed by atoms with E-state index >= 15 is 0 Å². The number of amides is 1. The molecule has 0 radical (unpaired) electrons. The first kappa shape index (κ1) is 17.2. The van der Waals surface area contributed by atoms with Crippen LogP contribution < -0.4 is 5.32 Å². The van der Waals surface area contributed by atoms with Crippen molar-refractivity contribution in [3.05, 3.63) is 47.8 Å². The minimum atomic E-state index is -1.18. The summed E-state index contributed by atoms with van der Waals surface area (Å²) < 4.78 is 1.69. The van der Waals surface area contributed by atoms with E-state index in [4.69, 9.17) is 0 Å². The molecule has 2 aromatic rings. The van der Waals surface area contributed by atoms with Crippen LogP contribution in [0.1, 0.15) is 54.7 Å². The molecule has 1 fully saturated rings. The summed E-state index contributed by atoms with van der Waals surface area (Å²) in [5, 5.41) is 16.8. The van der Waals surface area contributed by atoms with Gasteiger partial charge in [0, 0.05) is 5.69 Å². The van der Waals surface area contributed by atoms with Crippen molar-refractivity contribution in [3.8, 4) is 5.69 Å². The Morgan fingerprint density at radius 2 is 1.76 bits per heavy atom. The Balaban J connectivity index is 1.84. The molecule has 6 heteroatoms. The number of carbonyl (C=O) groups excluding carboxylic acids is 1. The van der Waals surface area contributed by atoms with Crippen molar-refractivity contribution in [3.63, 3.8) is 0 Å². The van der Waals surface area contributed by atoms with Crippen LogP contribution in [0.5, 0.6) is 0 Å². The van der Waals surface area contributed by atoms with Crippen LogP contribution in [0.25, 0.3) is 5.69 Å². The maximum atomic E-state index is 12.7. The number of para-hydroxylation sites is 1. The molecular weight excluding hydrogens is 318 g/mol. The highest BCUT2D eigenvalue weighted by atomic mass is 16.4. The van der Waals surface area contributed by atoms with Crippen LogP contribution in [0, 0.1) is 6.92 Å². The zero-order valence-corrected chi connectivity index (χ0v) is 14.4. The summed E-state index contributed by atoms with van der Waals surface area (Å²) in [5.41, 5.74) is 0.743. The van der Waals surface area contributed by atoms with Gasteiger partial charge in [0.05, 0.1) is 5.69 Å². The second kappa shape index (κ2) is 7.09. The third kappa shape index (κ3) is 3.57. The largest absolute Gasteiger partial charge is 0.480 e. The fourth-order valence-electron chi connectivity index (χ4n) is 3.42. The quantitative estimate of drug-likeness (QED) is 0.837. The molecule has 0 bridgehead atoms. The van der Waals surface area contributed by atoms with Crippen molar-refractivity contribution < 1.29 is 14.7 Å². The number of hydrogen-bond donors (Lipinski definition) is 2. The predicted molar refractivity (Wildman–Crippen MR) is 93.8 cm³/mol. The van der Waals surface area contributed by atoms with Crippen molar-refractivity contribution in [1.82, 2.24) is 15.1 Å². The molecule has 1 amide bonds. The third-order valence-corrected chi connectivity index (χ3v) is 4.84. The SMILES string of the molecule is Cc1cc(C(=O)NC2(C(=O)O)CCCCCC2)nn1-c1ccccc1. The molecule has 25 heavy (non-hydrogen) atoms. The Hall–Kier alpha value is -2.63. The molecular formula is C19H23N3O3. The van der Waals surface area contributed by atoms with Crippen LogP contribution in [-0.4, -0.2) is 32.3 Å². The van der Waals surface area contributed by atoms with E-state index in [1.165, 1.54) is 0 Å². The lowest BCUT2D eigenvalue weighted by Gasteiger charge is -2.28. The summed E-state index contributed by atoms with van der Waals surface area (Å²) in [6, 6.07) is 11.2. The maximum absolute atomic E-state index is 12.7. The van der Waals surface area contributed by atoms with Gasteiger partial charge in [0.2, 0.25) is 0 Å². The van der Waals surface area contributed by atoms with Crippen LogP contribution in [-0.2, 0) is 4.79 Å². The third-order valence-electron chi connectivity index (χ3n) is 4.84. The van der Waals surface area contributed by atoms with Gasteiger partial charge in [-0.2, -0.15) is 5.10 Å². The van der Waals surface area contributed by atoms with Crippen LogP contribution in [0.3, 0.4) is 0 Å². The smallest absolute Gasteiger partial charge is 0.329 e. The number of hydrogen-bond acceptors (Lipinski definition) is 3. The molecule has 6 nitrogen and oxygen atoms in total. The number of aromatic nitrogens is 2. The standard InChI is InChI=1S/C19H23N3O3/c1-14-13-16(21-22(14)15-9-5-4-6-10-15)17(23)20-19(18(24)25)11-7-2-3-8-12-19/h4-6,9-10,13H,2-3,7-8,11-12H2,1H3,(H,20,23)(H,24,25). The number of carboxylic acids is 1. The van der Waals surface area contributed by atoms with Crippen molar-refractivity contribution in [2.45, 2.75) is 51.0 Å². The van der Waals surface area contributed by atoms with E-state index in [1.807, 2.05) is 37.3 Å². The average molecular weight is 341 g/mol. The molecule has 0 saturated heterocycles. The highest BCUT2D eigenvalue weighted by molar-refractivity contribution is 5.96. The molecule has 132 valence electrons. The first-order valence-electron chi connectivity index (χ1n) is 8.70. The molecule has 1 aromatic heterocycles. The zero-order chi connectivity index (χ0) is 17.9. The fourth-order valence-corrected chi connectivity index (χ4v) is 3.42. The van der Waals surface area contributed by atoms with Gasteiger partial charge in [-0.05, 0) is 38.0 Å². The van der Waals surface area contributed by atoms with Crippen LogP contribution in [0.4, 0.5) is 0 Å². The summed E-state index contributed by atoms with van der Waals surface area (Å²) in [7, 11) is 0. The van der Waals surface area contributed by atoms with Crippen LogP contribution >= 0.6 is 0 Å². The van der Waals surface area contributed by atoms with E-state index in [2.05, 4.69) is 10.4 Å². The van der Waals surface area contributed by atoms with E-state index in [1.54, 1.807) is 10.7 Å². The molecule has 1 aliphatic carbocycles. The first-order valence-corrected chi connectivity index (χ1v) is 8.70. The van der Waals surface area contributed by atoms with Crippen molar-refractivity contribution in [2.75, 3.05) is 0 Å². The highest BCUT2D eigenvalue weighted by Crippen LogP contribution is 2.28. The Kier molecular flexibility index (Phi) is 4.88. The molecule has 1 heterocycles. The molecule has 2 N–H and O–H groups in total. The minimum absolute atomic E-state index is 0.242. The van der Waals surface area contributed by atoms with Gasteiger partial charge in [0.1, 0.15) is 5.54 Å². The number of carboxylic acid groups (broad SMARTS) is 1. The highest BCUT2D eigenvalue weighted by Gasteiger charge is 2.40. The van der Waals surface area contributed by atoms with Crippen LogP contribution in [0.2, 0.25) is 0 Å². The Morgan fingerprint density at radius 1 is 1.12 bits per heavy atom. The number of benzene rings is 1. The summed E-state index contributed by atoms with van der Waals surface area (Å²) >= 11 is 0. The van der Waals surface area contributed by atoms with Gasteiger partial charge in [0.25, 0.3) is 5.91 Å².